The molecule has 3 aromatic carbocycles. The van der Waals surface area contributed by atoms with Crippen LogP contribution in [0.4, 0.5) is 5.69 Å². The summed E-state index contributed by atoms with van der Waals surface area (Å²) in [5.41, 5.74) is 1.97. The van der Waals surface area contributed by atoms with Crippen LogP contribution >= 0.6 is 23.2 Å². The third kappa shape index (κ3) is 4.53. The first-order valence-electron chi connectivity index (χ1n) is 8.61. The van der Waals surface area contributed by atoms with E-state index in [2.05, 4.69) is 5.32 Å². The molecule has 1 N–H and O–H groups in total. The van der Waals surface area contributed by atoms with Crippen molar-refractivity contribution in [2.75, 3.05) is 12.4 Å². The lowest BCUT2D eigenvalue weighted by atomic mass is 10.1. The summed E-state index contributed by atoms with van der Waals surface area (Å²) in [4.78, 5) is 27.2. The maximum atomic E-state index is 12.9. The Bertz CT molecular complexity index is 986. The molecule has 0 aromatic heterocycles. The second-order valence-electron chi connectivity index (χ2n) is 6.24. The van der Waals surface area contributed by atoms with E-state index >= 15 is 0 Å². The third-order valence-electron chi connectivity index (χ3n) is 4.20. The van der Waals surface area contributed by atoms with E-state index in [4.69, 9.17) is 23.2 Å². The number of hydrogen-bond donors (Lipinski definition) is 1. The van der Waals surface area contributed by atoms with Crippen LogP contribution in [0.5, 0.6) is 0 Å². The minimum absolute atomic E-state index is 0.172. The SMILES string of the molecule is CN(Cc1ccccc1)C(=O)c1ccccc1NC(=O)c1c(Cl)cccc1Cl. The fourth-order valence-electron chi connectivity index (χ4n) is 2.81. The second kappa shape index (κ2) is 8.91. The van der Waals surface area contributed by atoms with Crippen molar-refractivity contribution in [3.05, 3.63) is 99.5 Å². The van der Waals surface area contributed by atoms with Gasteiger partial charge in [-0.3, -0.25) is 9.59 Å². The van der Waals surface area contributed by atoms with Gasteiger partial charge in [-0.05, 0) is 29.8 Å². The first-order chi connectivity index (χ1) is 13.5. The molecule has 142 valence electrons. The van der Waals surface area contributed by atoms with Crippen LogP contribution in [0, 0.1) is 0 Å². The fourth-order valence-corrected chi connectivity index (χ4v) is 3.38. The lowest BCUT2D eigenvalue weighted by Gasteiger charge is -2.19. The Labute approximate surface area is 173 Å². The quantitative estimate of drug-likeness (QED) is 0.599. The molecule has 0 fully saturated rings. The van der Waals surface area contributed by atoms with Gasteiger partial charge in [0.2, 0.25) is 0 Å². The molecule has 0 heterocycles. The van der Waals surface area contributed by atoms with Crippen LogP contribution in [0.2, 0.25) is 10.0 Å². The molecule has 3 aromatic rings. The van der Waals surface area contributed by atoms with Crippen LogP contribution in [0.3, 0.4) is 0 Å². The van der Waals surface area contributed by atoms with Gasteiger partial charge in [-0.15, -0.1) is 0 Å². The van der Waals surface area contributed by atoms with Crippen LogP contribution in [0.25, 0.3) is 0 Å². The van der Waals surface area contributed by atoms with Crippen LogP contribution in [0.15, 0.2) is 72.8 Å². The highest BCUT2D eigenvalue weighted by molar-refractivity contribution is 6.40. The lowest BCUT2D eigenvalue weighted by Crippen LogP contribution is -2.27. The molecule has 0 atom stereocenters. The summed E-state index contributed by atoms with van der Waals surface area (Å²) in [6.07, 6.45) is 0. The Hall–Kier alpha value is -2.82. The average molecular weight is 413 g/mol. The number of nitrogens with one attached hydrogen (secondary N) is 1. The van der Waals surface area contributed by atoms with E-state index in [0.29, 0.717) is 17.8 Å². The average Bonchev–Trinajstić information content (AvgIpc) is 2.68. The van der Waals surface area contributed by atoms with E-state index in [1.54, 1.807) is 54.4 Å². The standard InChI is InChI=1S/C22H18Cl2N2O2/c1-26(14-15-8-3-2-4-9-15)22(28)16-10-5-6-13-19(16)25-21(27)20-17(23)11-7-12-18(20)24/h2-13H,14H2,1H3,(H,25,27). The molecule has 28 heavy (non-hydrogen) atoms. The number of benzene rings is 3. The van der Waals surface area contributed by atoms with Crippen molar-refractivity contribution in [2.24, 2.45) is 0 Å². The third-order valence-corrected chi connectivity index (χ3v) is 4.83. The molecule has 0 saturated carbocycles. The Morgan fingerprint density at radius 3 is 2.14 bits per heavy atom. The zero-order valence-corrected chi connectivity index (χ0v) is 16.7. The van der Waals surface area contributed by atoms with Crippen molar-refractivity contribution >= 4 is 40.7 Å². The highest BCUT2D eigenvalue weighted by Crippen LogP contribution is 2.26. The fraction of sp³-hybridized carbons (Fsp3) is 0.0909. The minimum atomic E-state index is -0.471. The van der Waals surface area contributed by atoms with Gasteiger partial charge in [0, 0.05) is 13.6 Å². The van der Waals surface area contributed by atoms with Gasteiger partial charge < -0.3 is 10.2 Å². The van der Waals surface area contributed by atoms with E-state index < -0.39 is 5.91 Å². The summed E-state index contributed by atoms with van der Waals surface area (Å²) >= 11 is 12.2. The van der Waals surface area contributed by atoms with Gasteiger partial charge in [-0.2, -0.15) is 0 Å². The second-order valence-corrected chi connectivity index (χ2v) is 7.06. The predicted molar refractivity (Wildman–Crippen MR) is 113 cm³/mol. The van der Waals surface area contributed by atoms with Crippen LogP contribution in [-0.2, 0) is 6.54 Å². The number of halogens is 2. The number of para-hydroxylation sites is 1. The Kier molecular flexibility index (Phi) is 6.34. The number of rotatable bonds is 5. The van der Waals surface area contributed by atoms with Crippen molar-refractivity contribution in [1.29, 1.82) is 0 Å². The largest absolute Gasteiger partial charge is 0.337 e. The molecule has 0 aliphatic rings. The molecular weight excluding hydrogens is 395 g/mol. The summed E-state index contributed by atoms with van der Waals surface area (Å²) in [5.74, 6) is -0.674. The van der Waals surface area contributed by atoms with Crippen molar-refractivity contribution in [3.8, 4) is 0 Å². The molecule has 0 aliphatic heterocycles. The lowest BCUT2D eigenvalue weighted by molar-refractivity contribution is 0.0786. The number of anilines is 1. The normalized spacial score (nSPS) is 10.4. The molecule has 0 bridgehead atoms. The molecular formula is C22H18Cl2N2O2. The summed E-state index contributed by atoms with van der Waals surface area (Å²) < 4.78 is 0. The van der Waals surface area contributed by atoms with Crippen LogP contribution in [0.1, 0.15) is 26.3 Å². The Morgan fingerprint density at radius 2 is 1.46 bits per heavy atom. The van der Waals surface area contributed by atoms with Gasteiger partial charge >= 0.3 is 0 Å². The van der Waals surface area contributed by atoms with Gasteiger partial charge in [0.25, 0.3) is 11.8 Å². The molecule has 0 aliphatic carbocycles. The van der Waals surface area contributed by atoms with E-state index in [1.165, 1.54) is 0 Å². The van der Waals surface area contributed by atoms with Gasteiger partial charge in [0.15, 0.2) is 0 Å². The van der Waals surface area contributed by atoms with E-state index in [9.17, 15) is 9.59 Å². The Balaban J connectivity index is 1.83. The number of nitrogens with zero attached hydrogens (tertiary/aromatic N) is 1. The molecule has 0 saturated heterocycles. The molecule has 6 heteroatoms. The maximum Gasteiger partial charge on any atom is 0.258 e. The van der Waals surface area contributed by atoms with Crippen molar-refractivity contribution in [3.63, 3.8) is 0 Å². The van der Waals surface area contributed by atoms with E-state index in [1.807, 2.05) is 30.3 Å². The van der Waals surface area contributed by atoms with Crippen molar-refractivity contribution < 1.29 is 9.59 Å². The zero-order valence-electron chi connectivity index (χ0n) is 15.2. The zero-order chi connectivity index (χ0) is 20.1. The van der Waals surface area contributed by atoms with Gasteiger partial charge in [-0.25, -0.2) is 0 Å². The minimum Gasteiger partial charge on any atom is -0.337 e. The molecule has 3 rings (SSSR count). The smallest absolute Gasteiger partial charge is 0.258 e. The number of carbonyl (C=O) groups is 2. The molecule has 2 amide bonds. The monoisotopic (exact) mass is 412 g/mol. The first kappa shape index (κ1) is 19.9. The first-order valence-corrected chi connectivity index (χ1v) is 9.36. The van der Waals surface area contributed by atoms with E-state index in [0.717, 1.165) is 5.56 Å². The van der Waals surface area contributed by atoms with Crippen LogP contribution < -0.4 is 5.32 Å². The van der Waals surface area contributed by atoms with Gasteiger partial charge in [-0.1, -0.05) is 71.7 Å². The maximum absolute atomic E-state index is 12.9. The van der Waals surface area contributed by atoms with Gasteiger partial charge in [0.1, 0.15) is 0 Å². The van der Waals surface area contributed by atoms with Crippen LogP contribution in [-0.4, -0.2) is 23.8 Å². The van der Waals surface area contributed by atoms with E-state index in [-0.39, 0.29) is 21.5 Å². The number of amides is 2. The molecule has 0 radical (unpaired) electrons. The van der Waals surface area contributed by atoms with Gasteiger partial charge in [0.05, 0.1) is 26.9 Å². The highest BCUT2D eigenvalue weighted by atomic mass is 35.5. The predicted octanol–water partition coefficient (Wildman–Crippen LogP) is 5.52. The summed E-state index contributed by atoms with van der Waals surface area (Å²) in [7, 11) is 1.72. The number of hydrogen-bond acceptors (Lipinski definition) is 2. The van der Waals surface area contributed by atoms with Crippen molar-refractivity contribution in [2.45, 2.75) is 6.54 Å². The molecule has 0 unspecified atom stereocenters. The summed E-state index contributed by atoms with van der Waals surface area (Å²) in [6, 6.07) is 21.4. The molecule has 0 spiro atoms. The molecule has 4 nitrogen and oxygen atoms in total. The topological polar surface area (TPSA) is 49.4 Å². The summed E-state index contributed by atoms with van der Waals surface area (Å²) in [6.45, 7) is 0.457. The highest BCUT2D eigenvalue weighted by Gasteiger charge is 2.20. The van der Waals surface area contributed by atoms with Crippen molar-refractivity contribution in [1.82, 2.24) is 4.90 Å². The Morgan fingerprint density at radius 1 is 0.857 bits per heavy atom. The number of carbonyl (C=O) groups excluding carboxylic acids is 2. The summed E-state index contributed by atoms with van der Waals surface area (Å²) in [5, 5.41) is 3.24.